The van der Waals surface area contributed by atoms with Gasteiger partial charge in [0.05, 0.1) is 5.75 Å². The number of sulfone groups is 1. The molecule has 1 aliphatic carbocycles. The van der Waals surface area contributed by atoms with Crippen molar-refractivity contribution in [2.45, 2.75) is 19.4 Å². The van der Waals surface area contributed by atoms with Gasteiger partial charge in [-0.3, -0.25) is 0 Å². The summed E-state index contributed by atoms with van der Waals surface area (Å²) in [5, 5.41) is 6.10. The normalized spacial score (nSPS) is 16.3. The number of nitrogens with one attached hydrogen (secondary N) is 2. The van der Waals surface area contributed by atoms with Crippen molar-refractivity contribution in [2.24, 2.45) is 5.41 Å². The molecular weight excluding hydrogens is 312 g/mol. The Hall–Kier alpha value is -1.27. The first kappa shape index (κ1) is 16.1. The van der Waals surface area contributed by atoms with E-state index in [0.29, 0.717) is 18.1 Å². The average Bonchev–Trinajstić information content (AvgIpc) is 3.12. The maximum Gasteiger partial charge on any atom is 0.315 e. The molecule has 0 radical (unpaired) electrons. The molecule has 0 atom stereocenters. The summed E-state index contributed by atoms with van der Waals surface area (Å²) in [6, 6.07) is 6.96. The van der Waals surface area contributed by atoms with Gasteiger partial charge >= 0.3 is 6.03 Å². The van der Waals surface area contributed by atoms with Gasteiger partial charge in [-0.2, -0.15) is 0 Å². The van der Waals surface area contributed by atoms with E-state index in [1.807, 2.05) is 12.1 Å². The van der Waals surface area contributed by atoms with Crippen molar-refractivity contribution in [1.82, 2.24) is 10.6 Å². The molecule has 2 rings (SSSR count). The van der Waals surface area contributed by atoms with E-state index in [9.17, 15) is 13.2 Å². The van der Waals surface area contributed by atoms with Crippen LogP contribution in [0.25, 0.3) is 0 Å². The minimum absolute atomic E-state index is 0.134. The Balaban J connectivity index is 1.75. The maximum absolute atomic E-state index is 11.7. The van der Waals surface area contributed by atoms with Crippen LogP contribution in [0.1, 0.15) is 18.4 Å². The Morgan fingerprint density at radius 1 is 1.33 bits per heavy atom. The van der Waals surface area contributed by atoms with Gasteiger partial charge in [-0.05, 0) is 30.5 Å². The zero-order valence-corrected chi connectivity index (χ0v) is 13.4. The predicted octanol–water partition coefficient (Wildman–Crippen LogP) is 1.96. The van der Waals surface area contributed by atoms with Crippen LogP contribution in [0.3, 0.4) is 0 Å². The standard InChI is InChI=1S/C14H19ClN2O3S/c1-21(19,20)10-14(5-6-14)9-17-13(18)16-8-11-3-2-4-12(15)7-11/h2-4,7H,5-6,8-10H2,1H3,(H2,16,17,18). The number of hydrogen-bond acceptors (Lipinski definition) is 3. The summed E-state index contributed by atoms with van der Waals surface area (Å²) in [5.41, 5.74) is 0.649. The molecule has 5 nitrogen and oxygen atoms in total. The molecule has 0 aromatic heterocycles. The van der Waals surface area contributed by atoms with E-state index >= 15 is 0 Å². The molecular formula is C14H19ClN2O3S. The SMILES string of the molecule is CS(=O)(=O)CC1(CNC(=O)NCc2cccc(Cl)c2)CC1. The third kappa shape index (κ3) is 5.55. The summed E-state index contributed by atoms with van der Waals surface area (Å²) in [4.78, 5) is 11.7. The van der Waals surface area contributed by atoms with E-state index in [-0.39, 0.29) is 17.2 Å². The van der Waals surface area contributed by atoms with Crippen molar-refractivity contribution in [3.63, 3.8) is 0 Å². The predicted molar refractivity (Wildman–Crippen MR) is 83.1 cm³/mol. The van der Waals surface area contributed by atoms with Gasteiger partial charge in [0, 0.05) is 29.8 Å². The van der Waals surface area contributed by atoms with Gasteiger partial charge in [0.2, 0.25) is 0 Å². The molecule has 0 saturated heterocycles. The van der Waals surface area contributed by atoms with Gasteiger partial charge in [-0.1, -0.05) is 23.7 Å². The lowest BCUT2D eigenvalue weighted by Gasteiger charge is -2.15. The van der Waals surface area contributed by atoms with Gasteiger partial charge in [0.25, 0.3) is 0 Å². The van der Waals surface area contributed by atoms with Crippen molar-refractivity contribution in [1.29, 1.82) is 0 Å². The van der Waals surface area contributed by atoms with Crippen molar-refractivity contribution in [3.05, 3.63) is 34.9 Å². The highest BCUT2D eigenvalue weighted by Gasteiger charge is 2.45. The minimum atomic E-state index is -3.01. The van der Waals surface area contributed by atoms with Crippen LogP contribution < -0.4 is 10.6 Å². The Morgan fingerprint density at radius 3 is 2.62 bits per heavy atom. The van der Waals surface area contributed by atoms with E-state index in [2.05, 4.69) is 10.6 Å². The molecule has 1 aromatic carbocycles. The van der Waals surface area contributed by atoms with E-state index in [0.717, 1.165) is 18.4 Å². The summed E-state index contributed by atoms with van der Waals surface area (Å²) in [7, 11) is -3.01. The largest absolute Gasteiger partial charge is 0.338 e. The Bertz CT molecular complexity index is 627. The van der Waals surface area contributed by atoms with Crippen LogP contribution in [-0.2, 0) is 16.4 Å². The zero-order valence-electron chi connectivity index (χ0n) is 11.9. The minimum Gasteiger partial charge on any atom is -0.338 e. The van der Waals surface area contributed by atoms with Crippen molar-refractivity contribution < 1.29 is 13.2 Å². The molecule has 1 aromatic rings. The highest BCUT2D eigenvalue weighted by Crippen LogP contribution is 2.45. The van der Waals surface area contributed by atoms with E-state index < -0.39 is 9.84 Å². The van der Waals surface area contributed by atoms with Gasteiger partial charge in [-0.25, -0.2) is 13.2 Å². The van der Waals surface area contributed by atoms with Crippen LogP contribution in [0.4, 0.5) is 4.79 Å². The molecule has 0 spiro atoms. The van der Waals surface area contributed by atoms with Crippen molar-refractivity contribution >= 4 is 27.5 Å². The van der Waals surface area contributed by atoms with Gasteiger partial charge < -0.3 is 10.6 Å². The maximum atomic E-state index is 11.7. The Labute approximate surface area is 130 Å². The smallest absolute Gasteiger partial charge is 0.315 e. The van der Waals surface area contributed by atoms with E-state index in [4.69, 9.17) is 11.6 Å². The molecule has 0 aliphatic heterocycles. The zero-order chi connectivity index (χ0) is 15.5. The number of halogens is 1. The Morgan fingerprint density at radius 2 is 2.05 bits per heavy atom. The summed E-state index contributed by atoms with van der Waals surface area (Å²) in [6.07, 6.45) is 2.91. The lowest BCUT2D eigenvalue weighted by atomic mass is 10.1. The van der Waals surface area contributed by atoms with E-state index in [1.165, 1.54) is 6.26 Å². The monoisotopic (exact) mass is 330 g/mol. The van der Waals surface area contributed by atoms with Gasteiger partial charge in [-0.15, -0.1) is 0 Å². The second kappa shape index (κ2) is 6.23. The summed E-state index contributed by atoms with van der Waals surface area (Å²) in [6.45, 7) is 0.771. The van der Waals surface area contributed by atoms with Crippen LogP contribution in [0.2, 0.25) is 5.02 Å². The fourth-order valence-electron chi connectivity index (χ4n) is 2.26. The topological polar surface area (TPSA) is 75.3 Å². The van der Waals surface area contributed by atoms with Crippen LogP contribution in [0.5, 0.6) is 0 Å². The molecule has 0 unspecified atom stereocenters. The van der Waals surface area contributed by atoms with Crippen molar-refractivity contribution in [3.8, 4) is 0 Å². The summed E-state index contributed by atoms with van der Waals surface area (Å²) in [5.74, 6) is 0.134. The molecule has 7 heteroatoms. The number of amides is 2. The van der Waals surface area contributed by atoms with Crippen LogP contribution >= 0.6 is 11.6 Å². The first-order valence-electron chi connectivity index (χ1n) is 6.72. The summed E-state index contributed by atoms with van der Waals surface area (Å²) < 4.78 is 22.7. The second-order valence-electron chi connectivity index (χ2n) is 5.74. The molecule has 2 amide bonds. The first-order valence-corrected chi connectivity index (χ1v) is 9.16. The molecule has 1 fully saturated rings. The number of carbonyl (C=O) groups excluding carboxylic acids is 1. The van der Waals surface area contributed by atoms with Crippen LogP contribution in [0, 0.1) is 5.41 Å². The summed E-state index contributed by atoms with van der Waals surface area (Å²) >= 11 is 5.87. The molecule has 2 N–H and O–H groups in total. The van der Waals surface area contributed by atoms with Crippen molar-refractivity contribution in [2.75, 3.05) is 18.6 Å². The molecule has 1 aliphatic rings. The fraction of sp³-hybridized carbons (Fsp3) is 0.500. The Kier molecular flexibility index (Phi) is 4.78. The molecule has 116 valence electrons. The fourth-order valence-corrected chi connectivity index (χ4v) is 3.98. The lowest BCUT2D eigenvalue weighted by Crippen LogP contribution is -2.40. The third-order valence-corrected chi connectivity index (χ3v) is 4.86. The molecule has 1 saturated carbocycles. The lowest BCUT2D eigenvalue weighted by molar-refractivity contribution is 0.238. The molecule has 0 bridgehead atoms. The number of urea groups is 1. The van der Waals surface area contributed by atoms with Crippen LogP contribution in [-0.4, -0.2) is 33.0 Å². The second-order valence-corrected chi connectivity index (χ2v) is 8.31. The average molecular weight is 331 g/mol. The number of benzene rings is 1. The molecule has 21 heavy (non-hydrogen) atoms. The first-order chi connectivity index (χ1) is 9.78. The highest BCUT2D eigenvalue weighted by atomic mass is 35.5. The van der Waals surface area contributed by atoms with Gasteiger partial charge in [0.15, 0.2) is 0 Å². The number of rotatable bonds is 6. The molecule has 0 heterocycles. The number of carbonyl (C=O) groups is 1. The quantitative estimate of drug-likeness (QED) is 0.837. The van der Waals surface area contributed by atoms with E-state index in [1.54, 1.807) is 12.1 Å². The third-order valence-electron chi connectivity index (χ3n) is 3.49. The van der Waals surface area contributed by atoms with Crippen LogP contribution in [0.15, 0.2) is 24.3 Å². The van der Waals surface area contributed by atoms with Gasteiger partial charge in [0.1, 0.15) is 9.84 Å². The number of hydrogen-bond donors (Lipinski definition) is 2. The highest BCUT2D eigenvalue weighted by molar-refractivity contribution is 7.90.